The van der Waals surface area contributed by atoms with E-state index < -0.39 is 0 Å². The summed E-state index contributed by atoms with van der Waals surface area (Å²) in [5.74, 6) is 0. The Hall–Kier alpha value is -2.05. The highest BCUT2D eigenvalue weighted by Gasteiger charge is 2.30. The Labute approximate surface area is 112 Å². The van der Waals surface area contributed by atoms with E-state index >= 15 is 0 Å². The van der Waals surface area contributed by atoms with E-state index in [-0.39, 0.29) is 12.1 Å². The summed E-state index contributed by atoms with van der Waals surface area (Å²) in [6, 6.07) is 14.2. The van der Waals surface area contributed by atoms with Gasteiger partial charge in [0.1, 0.15) is 0 Å². The summed E-state index contributed by atoms with van der Waals surface area (Å²) in [4.78, 5) is 2.23. The number of aliphatic hydroxyl groups excluding tert-OH is 1. The van der Waals surface area contributed by atoms with Gasteiger partial charge in [0.2, 0.25) is 0 Å². The van der Waals surface area contributed by atoms with Crippen LogP contribution >= 0.6 is 0 Å². The van der Waals surface area contributed by atoms with Gasteiger partial charge < -0.3 is 10.0 Å². The first-order valence-corrected chi connectivity index (χ1v) is 6.59. The number of anilines is 1. The molecule has 2 aromatic carbocycles. The highest BCUT2D eigenvalue weighted by atomic mass is 16.3. The normalized spacial score (nSPS) is 22.7. The van der Waals surface area contributed by atoms with Gasteiger partial charge >= 0.3 is 0 Å². The summed E-state index contributed by atoms with van der Waals surface area (Å²) < 4.78 is 0. The fourth-order valence-electron chi connectivity index (χ4n) is 2.89. The number of nitriles is 1. The average Bonchev–Trinajstić information content (AvgIpc) is 2.78. The molecule has 0 unspecified atom stereocenters. The van der Waals surface area contributed by atoms with E-state index in [0.29, 0.717) is 5.56 Å². The molecule has 0 saturated carbocycles. The highest BCUT2D eigenvalue weighted by Crippen LogP contribution is 2.33. The van der Waals surface area contributed by atoms with Crippen LogP contribution in [0.4, 0.5) is 5.69 Å². The van der Waals surface area contributed by atoms with Gasteiger partial charge in [-0.05, 0) is 25.5 Å². The lowest BCUT2D eigenvalue weighted by Gasteiger charge is -2.26. The number of fused-ring (bicyclic) bond motifs is 1. The summed E-state index contributed by atoms with van der Waals surface area (Å²) in [5, 5.41) is 21.2. The fourth-order valence-corrected chi connectivity index (χ4v) is 2.89. The van der Waals surface area contributed by atoms with Crippen molar-refractivity contribution in [3.05, 3.63) is 42.0 Å². The quantitative estimate of drug-likeness (QED) is 0.848. The van der Waals surface area contributed by atoms with Gasteiger partial charge in [-0.3, -0.25) is 0 Å². The maximum atomic E-state index is 9.91. The van der Waals surface area contributed by atoms with Crippen LogP contribution in [0.5, 0.6) is 0 Å². The smallest absolute Gasteiger partial charge is 0.0998 e. The Morgan fingerprint density at radius 1 is 1.21 bits per heavy atom. The molecule has 1 aliphatic rings. The molecule has 2 atom stereocenters. The van der Waals surface area contributed by atoms with Gasteiger partial charge in [0.05, 0.1) is 23.8 Å². The van der Waals surface area contributed by atoms with Crippen LogP contribution in [0.2, 0.25) is 0 Å². The molecule has 19 heavy (non-hydrogen) atoms. The van der Waals surface area contributed by atoms with E-state index in [1.807, 2.05) is 43.3 Å². The average molecular weight is 252 g/mol. The van der Waals surface area contributed by atoms with E-state index in [2.05, 4.69) is 11.0 Å². The fraction of sp³-hybridized carbons (Fsp3) is 0.312. The van der Waals surface area contributed by atoms with E-state index in [4.69, 9.17) is 0 Å². The third-order valence-corrected chi connectivity index (χ3v) is 4.05. The van der Waals surface area contributed by atoms with Crippen molar-refractivity contribution >= 4 is 16.5 Å². The molecule has 2 aromatic rings. The molecule has 1 aliphatic heterocycles. The van der Waals surface area contributed by atoms with Crippen LogP contribution < -0.4 is 4.90 Å². The van der Waals surface area contributed by atoms with E-state index in [0.717, 1.165) is 29.4 Å². The summed E-state index contributed by atoms with van der Waals surface area (Å²) in [7, 11) is 0. The maximum absolute atomic E-state index is 9.91. The predicted molar refractivity (Wildman–Crippen MR) is 76.1 cm³/mol. The van der Waals surface area contributed by atoms with Gasteiger partial charge in [0.15, 0.2) is 0 Å². The molecule has 1 heterocycles. The highest BCUT2D eigenvalue weighted by molar-refractivity contribution is 5.98. The van der Waals surface area contributed by atoms with Crippen LogP contribution in [0.15, 0.2) is 36.4 Å². The van der Waals surface area contributed by atoms with Gasteiger partial charge in [0, 0.05) is 23.0 Å². The minimum Gasteiger partial charge on any atom is -0.391 e. The number of nitrogens with zero attached hydrogens (tertiary/aromatic N) is 2. The molecule has 1 N–H and O–H groups in total. The molecule has 1 fully saturated rings. The van der Waals surface area contributed by atoms with Gasteiger partial charge in [-0.25, -0.2) is 0 Å². The van der Waals surface area contributed by atoms with Crippen LogP contribution in [0.25, 0.3) is 10.8 Å². The molecule has 0 aromatic heterocycles. The van der Waals surface area contributed by atoms with E-state index in [1.54, 1.807) is 0 Å². The third kappa shape index (κ3) is 1.85. The Morgan fingerprint density at radius 2 is 1.95 bits per heavy atom. The second-order valence-electron chi connectivity index (χ2n) is 5.08. The van der Waals surface area contributed by atoms with Crippen LogP contribution in [-0.4, -0.2) is 23.8 Å². The van der Waals surface area contributed by atoms with Crippen LogP contribution in [0, 0.1) is 11.3 Å². The van der Waals surface area contributed by atoms with Crippen molar-refractivity contribution < 1.29 is 5.11 Å². The third-order valence-electron chi connectivity index (χ3n) is 4.05. The summed E-state index contributed by atoms with van der Waals surface area (Å²) >= 11 is 0. The monoisotopic (exact) mass is 252 g/mol. The zero-order valence-corrected chi connectivity index (χ0v) is 10.9. The number of aliphatic hydroxyl groups is 1. The molecule has 3 rings (SSSR count). The van der Waals surface area contributed by atoms with Crippen molar-refractivity contribution in [2.24, 2.45) is 0 Å². The lowest BCUT2D eigenvalue weighted by molar-refractivity contribution is 0.170. The van der Waals surface area contributed by atoms with Gasteiger partial charge in [-0.2, -0.15) is 5.26 Å². The van der Waals surface area contributed by atoms with E-state index in [1.165, 1.54) is 0 Å². The van der Waals surface area contributed by atoms with Gasteiger partial charge in [0.25, 0.3) is 0 Å². The topological polar surface area (TPSA) is 47.3 Å². The number of hydrogen-bond acceptors (Lipinski definition) is 3. The molecular weight excluding hydrogens is 236 g/mol. The molecule has 0 aliphatic carbocycles. The van der Waals surface area contributed by atoms with Crippen molar-refractivity contribution in [1.82, 2.24) is 0 Å². The van der Waals surface area contributed by atoms with Crippen LogP contribution in [0.1, 0.15) is 18.9 Å². The van der Waals surface area contributed by atoms with Crippen LogP contribution in [-0.2, 0) is 0 Å². The summed E-state index contributed by atoms with van der Waals surface area (Å²) in [6.07, 6.45) is 0.532. The number of benzene rings is 2. The molecule has 0 bridgehead atoms. The zero-order valence-electron chi connectivity index (χ0n) is 10.9. The van der Waals surface area contributed by atoms with Gasteiger partial charge in [-0.1, -0.05) is 24.3 Å². The molecule has 3 nitrogen and oxygen atoms in total. The van der Waals surface area contributed by atoms with Crippen molar-refractivity contribution in [1.29, 1.82) is 5.26 Å². The Kier molecular flexibility index (Phi) is 2.88. The van der Waals surface area contributed by atoms with Crippen molar-refractivity contribution in [3.63, 3.8) is 0 Å². The largest absolute Gasteiger partial charge is 0.391 e. The molecule has 0 radical (unpaired) electrons. The SMILES string of the molecule is C[C@@H]1[C@@H](O)CCN1c1ccc(C#N)c2ccccc12. The molecule has 3 heteroatoms. The lowest BCUT2D eigenvalue weighted by Crippen LogP contribution is -2.32. The number of hydrogen-bond donors (Lipinski definition) is 1. The standard InChI is InChI=1S/C16H16N2O/c1-11-16(19)8-9-18(11)15-7-6-12(10-17)13-4-2-3-5-14(13)15/h2-7,11,16,19H,8-9H2,1H3/t11-,16+/m1/s1. The lowest BCUT2D eigenvalue weighted by atomic mass is 10.0. The minimum atomic E-state index is -0.269. The Morgan fingerprint density at radius 3 is 2.58 bits per heavy atom. The zero-order chi connectivity index (χ0) is 13.4. The van der Waals surface area contributed by atoms with Crippen molar-refractivity contribution in [2.45, 2.75) is 25.5 Å². The first-order valence-electron chi connectivity index (χ1n) is 6.59. The molecular formula is C16H16N2O. The molecule has 96 valence electrons. The molecule has 1 saturated heterocycles. The number of rotatable bonds is 1. The predicted octanol–water partition coefficient (Wildman–Crippen LogP) is 2.67. The summed E-state index contributed by atoms with van der Waals surface area (Å²) in [5.41, 5.74) is 1.81. The Bertz CT molecular complexity index is 659. The Balaban J connectivity index is 2.18. The minimum absolute atomic E-state index is 0.122. The first-order chi connectivity index (χ1) is 9.22. The van der Waals surface area contributed by atoms with E-state index in [9.17, 15) is 10.4 Å². The first kappa shape index (κ1) is 12.0. The van der Waals surface area contributed by atoms with Crippen molar-refractivity contribution in [3.8, 4) is 6.07 Å². The molecule has 0 spiro atoms. The second kappa shape index (κ2) is 4.56. The van der Waals surface area contributed by atoms with Crippen LogP contribution in [0.3, 0.4) is 0 Å². The molecule has 0 amide bonds. The second-order valence-corrected chi connectivity index (χ2v) is 5.08. The van der Waals surface area contributed by atoms with Gasteiger partial charge in [-0.15, -0.1) is 0 Å². The van der Waals surface area contributed by atoms with Crippen molar-refractivity contribution in [2.75, 3.05) is 11.4 Å². The summed E-state index contributed by atoms with van der Waals surface area (Å²) in [6.45, 7) is 2.91. The maximum Gasteiger partial charge on any atom is 0.0998 e.